The van der Waals surface area contributed by atoms with E-state index in [4.69, 9.17) is 4.74 Å². The Kier molecular flexibility index (Phi) is 5.38. The Balaban J connectivity index is 1.56. The van der Waals surface area contributed by atoms with Gasteiger partial charge in [-0.25, -0.2) is 4.79 Å². The summed E-state index contributed by atoms with van der Waals surface area (Å²) in [6.45, 7) is 4.70. The minimum Gasteiger partial charge on any atom is -0.445 e. The molecule has 2 aliphatic heterocycles. The Hall–Kier alpha value is -2.04. The van der Waals surface area contributed by atoms with Crippen molar-refractivity contribution < 1.29 is 14.3 Å². The van der Waals surface area contributed by atoms with Crippen LogP contribution in [0.4, 0.5) is 4.79 Å². The molecule has 130 valence electrons. The summed E-state index contributed by atoms with van der Waals surface area (Å²) in [4.78, 5) is 28.7. The number of nitrogens with zero attached hydrogens (tertiary/aromatic N) is 2. The molecule has 0 spiro atoms. The third-order valence-corrected chi connectivity index (χ3v) is 5.07. The molecule has 2 aliphatic rings. The molecule has 24 heavy (non-hydrogen) atoms. The van der Waals surface area contributed by atoms with E-state index in [2.05, 4.69) is 6.92 Å². The van der Waals surface area contributed by atoms with Gasteiger partial charge in [-0.15, -0.1) is 0 Å². The predicted molar refractivity (Wildman–Crippen MR) is 91.3 cm³/mol. The van der Waals surface area contributed by atoms with Gasteiger partial charge in [0.15, 0.2) is 0 Å². The molecule has 0 bridgehead atoms. The molecule has 0 aromatic heterocycles. The van der Waals surface area contributed by atoms with Gasteiger partial charge >= 0.3 is 6.09 Å². The lowest BCUT2D eigenvalue weighted by molar-refractivity contribution is -0.136. The Morgan fingerprint density at radius 1 is 1.08 bits per heavy atom. The van der Waals surface area contributed by atoms with Crippen molar-refractivity contribution in [3.63, 3.8) is 0 Å². The number of carbonyl (C=O) groups is 2. The quantitative estimate of drug-likeness (QED) is 0.856. The summed E-state index contributed by atoms with van der Waals surface area (Å²) in [6.07, 6.45) is 3.33. The van der Waals surface area contributed by atoms with E-state index in [-0.39, 0.29) is 24.6 Å². The molecular formula is C19H26N2O3. The zero-order chi connectivity index (χ0) is 16.9. The van der Waals surface area contributed by atoms with Crippen LogP contribution in [0.3, 0.4) is 0 Å². The number of carbonyl (C=O) groups excluding carboxylic acids is 2. The van der Waals surface area contributed by atoms with Crippen LogP contribution in [-0.4, -0.2) is 47.5 Å². The average molecular weight is 330 g/mol. The van der Waals surface area contributed by atoms with Crippen molar-refractivity contribution in [2.24, 2.45) is 5.92 Å². The lowest BCUT2D eigenvalue weighted by Crippen LogP contribution is -2.49. The second-order valence-corrected chi connectivity index (χ2v) is 6.90. The first kappa shape index (κ1) is 16.8. The first-order valence-electron chi connectivity index (χ1n) is 8.91. The lowest BCUT2D eigenvalue weighted by atomic mass is 9.98. The summed E-state index contributed by atoms with van der Waals surface area (Å²) in [6, 6.07) is 9.27. The van der Waals surface area contributed by atoms with Crippen LogP contribution in [0.1, 0.15) is 38.2 Å². The fourth-order valence-corrected chi connectivity index (χ4v) is 3.48. The fourth-order valence-electron chi connectivity index (χ4n) is 3.48. The Morgan fingerprint density at radius 2 is 1.79 bits per heavy atom. The maximum Gasteiger partial charge on any atom is 0.410 e. The number of likely N-dealkylation sites (tertiary alicyclic amines) is 2. The maximum absolute atomic E-state index is 12.8. The summed E-state index contributed by atoms with van der Waals surface area (Å²) in [5.41, 5.74) is 0.956. The number of hydrogen-bond acceptors (Lipinski definition) is 3. The molecule has 0 N–H and O–H groups in total. The van der Waals surface area contributed by atoms with E-state index in [9.17, 15) is 9.59 Å². The molecule has 3 rings (SSSR count). The molecule has 0 radical (unpaired) electrons. The van der Waals surface area contributed by atoms with E-state index in [0.717, 1.165) is 44.3 Å². The van der Waals surface area contributed by atoms with Crippen LogP contribution >= 0.6 is 0 Å². The Morgan fingerprint density at radius 3 is 2.50 bits per heavy atom. The molecule has 2 saturated heterocycles. The highest BCUT2D eigenvalue weighted by atomic mass is 16.6. The largest absolute Gasteiger partial charge is 0.445 e. The molecule has 0 saturated carbocycles. The maximum atomic E-state index is 12.8. The molecule has 1 aromatic rings. The zero-order valence-electron chi connectivity index (χ0n) is 14.3. The lowest BCUT2D eigenvalue weighted by Gasteiger charge is -2.34. The smallest absolute Gasteiger partial charge is 0.410 e. The third kappa shape index (κ3) is 3.89. The van der Waals surface area contributed by atoms with E-state index >= 15 is 0 Å². The molecule has 5 heteroatoms. The first-order valence-corrected chi connectivity index (χ1v) is 8.91. The van der Waals surface area contributed by atoms with Crippen molar-refractivity contribution in [2.75, 3.05) is 19.6 Å². The van der Waals surface area contributed by atoms with Crippen molar-refractivity contribution in [1.82, 2.24) is 9.80 Å². The summed E-state index contributed by atoms with van der Waals surface area (Å²) in [5, 5.41) is 0. The first-order chi connectivity index (χ1) is 11.6. The van der Waals surface area contributed by atoms with Gasteiger partial charge in [0.2, 0.25) is 5.91 Å². The number of benzene rings is 1. The summed E-state index contributed by atoms with van der Waals surface area (Å²) >= 11 is 0. The topological polar surface area (TPSA) is 49.9 Å². The highest BCUT2D eigenvalue weighted by Gasteiger charge is 2.38. The van der Waals surface area contributed by atoms with Gasteiger partial charge in [0.1, 0.15) is 12.6 Å². The summed E-state index contributed by atoms with van der Waals surface area (Å²) in [5.74, 6) is 0.778. The van der Waals surface area contributed by atoms with Gasteiger partial charge in [0, 0.05) is 19.6 Å². The van der Waals surface area contributed by atoms with Gasteiger partial charge in [0.05, 0.1) is 0 Å². The predicted octanol–water partition coefficient (Wildman–Crippen LogP) is 3.05. The molecular weight excluding hydrogens is 304 g/mol. The van der Waals surface area contributed by atoms with Crippen LogP contribution in [0, 0.1) is 5.92 Å². The van der Waals surface area contributed by atoms with Crippen LogP contribution in [0.15, 0.2) is 30.3 Å². The van der Waals surface area contributed by atoms with Gasteiger partial charge in [-0.2, -0.15) is 0 Å². The molecule has 0 aliphatic carbocycles. The fraction of sp³-hybridized carbons (Fsp3) is 0.579. The highest BCUT2D eigenvalue weighted by Crippen LogP contribution is 2.24. The number of piperidine rings is 1. The standard InChI is InChI=1S/C19H26N2O3/c1-15-9-12-20(13-10-15)18(22)17-8-5-11-21(17)19(23)24-14-16-6-3-2-4-7-16/h2-4,6-7,15,17H,5,8-14H2,1H3. The van der Waals surface area contributed by atoms with Crippen molar-refractivity contribution >= 4 is 12.0 Å². The molecule has 2 amide bonds. The van der Waals surface area contributed by atoms with Crippen LogP contribution in [0.5, 0.6) is 0 Å². The number of rotatable bonds is 3. The molecule has 2 heterocycles. The van der Waals surface area contributed by atoms with Crippen molar-refractivity contribution in [1.29, 1.82) is 0 Å². The Bertz CT molecular complexity index is 567. The average Bonchev–Trinajstić information content (AvgIpc) is 3.10. The Labute approximate surface area is 143 Å². The van der Waals surface area contributed by atoms with E-state index in [1.165, 1.54) is 0 Å². The second-order valence-electron chi connectivity index (χ2n) is 6.90. The van der Waals surface area contributed by atoms with Crippen molar-refractivity contribution in [3.8, 4) is 0 Å². The SMILES string of the molecule is CC1CCN(C(=O)C2CCCN2C(=O)OCc2ccccc2)CC1. The van der Waals surface area contributed by atoms with Crippen LogP contribution in [0.25, 0.3) is 0 Å². The van der Waals surface area contributed by atoms with E-state index in [1.807, 2.05) is 35.2 Å². The van der Waals surface area contributed by atoms with Gasteiger partial charge in [-0.05, 0) is 37.2 Å². The number of amides is 2. The van der Waals surface area contributed by atoms with E-state index in [1.54, 1.807) is 4.90 Å². The van der Waals surface area contributed by atoms with E-state index in [0.29, 0.717) is 12.5 Å². The highest BCUT2D eigenvalue weighted by molar-refractivity contribution is 5.86. The second kappa shape index (κ2) is 7.69. The van der Waals surface area contributed by atoms with Crippen molar-refractivity contribution in [2.45, 2.75) is 45.3 Å². The molecule has 1 unspecified atom stereocenters. The normalized spacial score (nSPS) is 21.8. The zero-order valence-corrected chi connectivity index (χ0v) is 14.3. The summed E-state index contributed by atoms with van der Waals surface area (Å²) in [7, 11) is 0. The van der Waals surface area contributed by atoms with Gasteiger partial charge in [-0.1, -0.05) is 37.3 Å². The van der Waals surface area contributed by atoms with Gasteiger partial charge in [0.25, 0.3) is 0 Å². The minimum atomic E-state index is -0.375. The molecule has 1 aromatic carbocycles. The van der Waals surface area contributed by atoms with Crippen LogP contribution < -0.4 is 0 Å². The number of ether oxygens (including phenoxy) is 1. The van der Waals surface area contributed by atoms with Gasteiger partial charge in [-0.3, -0.25) is 9.69 Å². The molecule has 5 nitrogen and oxygen atoms in total. The molecule has 1 atom stereocenters. The monoisotopic (exact) mass is 330 g/mol. The van der Waals surface area contributed by atoms with Crippen LogP contribution in [-0.2, 0) is 16.1 Å². The van der Waals surface area contributed by atoms with Gasteiger partial charge < -0.3 is 9.64 Å². The van der Waals surface area contributed by atoms with E-state index < -0.39 is 0 Å². The third-order valence-electron chi connectivity index (χ3n) is 5.07. The summed E-state index contributed by atoms with van der Waals surface area (Å²) < 4.78 is 5.41. The number of hydrogen-bond donors (Lipinski definition) is 0. The molecule has 2 fully saturated rings. The van der Waals surface area contributed by atoms with Crippen LogP contribution in [0.2, 0.25) is 0 Å². The minimum absolute atomic E-state index is 0.0936. The van der Waals surface area contributed by atoms with Crippen molar-refractivity contribution in [3.05, 3.63) is 35.9 Å².